The maximum absolute atomic E-state index is 10.7. The van der Waals surface area contributed by atoms with E-state index in [2.05, 4.69) is 93.6 Å². The fourth-order valence-electron chi connectivity index (χ4n) is 5.84. The van der Waals surface area contributed by atoms with Gasteiger partial charge in [0.25, 0.3) is 0 Å². The van der Waals surface area contributed by atoms with Crippen molar-refractivity contribution in [3.8, 4) is 39.4 Å². The molecule has 4 aromatic carbocycles. The number of hydrogen-bond acceptors (Lipinski definition) is 4. The van der Waals surface area contributed by atoms with Gasteiger partial charge in [0.15, 0.2) is 5.65 Å². The van der Waals surface area contributed by atoms with Crippen molar-refractivity contribution in [3.05, 3.63) is 114 Å². The molecule has 0 radical (unpaired) electrons. The molecule has 5 nitrogen and oxygen atoms in total. The van der Waals surface area contributed by atoms with Crippen molar-refractivity contribution in [2.75, 3.05) is 0 Å². The van der Waals surface area contributed by atoms with Gasteiger partial charge in [-0.25, -0.2) is 9.97 Å². The van der Waals surface area contributed by atoms with Gasteiger partial charge in [0, 0.05) is 32.8 Å². The number of imidazole rings is 1. The number of phenolic OH excluding ortho intramolecular Hbond substituents is 1. The van der Waals surface area contributed by atoms with Gasteiger partial charge in [0.1, 0.15) is 11.3 Å². The number of rotatable bonds is 3. The number of nitrogens with zero attached hydrogens (tertiary/aromatic N) is 4. The Balaban J connectivity index is 0.00000329. The van der Waals surface area contributed by atoms with Crippen LogP contribution in [0.5, 0.6) is 5.75 Å². The third-order valence-electron chi connectivity index (χ3n) is 8.05. The molecule has 0 bridgehead atoms. The van der Waals surface area contributed by atoms with Crippen LogP contribution in [0.2, 0.25) is 0 Å². The fraction of sp³-hybridized carbons (Fsp3) is 0.162. The molecule has 43 heavy (non-hydrogen) atoms. The zero-order valence-electron chi connectivity index (χ0n) is 24.7. The first-order valence-electron chi connectivity index (χ1n) is 14.2. The molecule has 0 unspecified atom stereocenters. The molecule has 216 valence electrons. The third-order valence-corrected chi connectivity index (χ3v) is 8.05. The Morgan fingerprint density at radius 3 is 2.14 bits per heavy atom. The smallest absolute Gasteiger partial charge is 0.167 e. The maximum Gasteiger partial charge on any atom is 0.167 e. The topological polar surface area (TPSA) is 63.3 Å². The molecule has 1 N–H and O–H groups in total. The molecule has 6 heteroatoms. The van der Waals surface area contributed by atoms with E-state index in [9.17, 15) is 5.11 Å². The number of aromatic hydroxyl groups is 1. The molecule has 0 amide bonds. The maximum atomic E-state index is 10.7. The van der Waals surface area contributed by atoms with Crippen LogP contribution in [0.4, 0.5) is 0 Å². The van der Waals surface area contributed by atoms with Crippen molar-refractivity contribution in [2.45, 2.75) is 40.0 Å². The molecule has 3 heterocycles. The molecule has 0 spiro atoms. The second-order valence-corrected chi connectivity index (χ2v) is 12.0. The Morgan fingerprint density at radius 2 is 1.42 bits per heavy atom. The predicted octanol–water partition coefficient (Wildman–Crippen LogP) is 8.85. The molecule has 0 aliphatic rings. The van der Waals surface area contributed by atoms with Crippen LogP contribution in [0.3, 0.4) is 0 Å². The molecule has 7 aromatic rings. The average Bonchev–Trinajstić information content (AvgIpc) is 3.37. The van der Waals surface area contributed by atoms with Crippen LogP contribution in [0.25, 0.3) is 61.4 Å². The summed E-state index contributed by atoms with van der Waals surface area (Å²) >= 11 is 0. The minimum atomic E-state index is -0.116. The Hall–Kier alpha value is -4.34. The summed E-state index contributed by atoms with van der Waals surface area (Å²) in [6.45, 7) is 10.9. The Kier molecular flexibility index (Phi) is 7.18. The Labute approximate surface area is 265 Å². The molecule has 7 rings (SSSR count). The minimum Gasteiger partial charge on any atom is -0.515 e. The SMILES string of the molecule is Cc1cccc(C)c1-c1nc2cccnc2c2nc3c(-c4[c-]c(-c5ccccc5O)cc(C(C)(C)C)c4)cccc3n12.[Pt]. The first kappa shape index (κ1) is 28.8. The number of para-hydroxylation sites is 2. The average molecular weight is 743 g/mol. The van der Waals surface area contributed by atoms with E-state index in [0.717, 1.165) is 78.0 Å². The van der Waals surface area contributed by atoms with Crippen LogP contribution < -0.4 is 0 Å². The van der Waals surface area contributed by atoms with E-state index >= 15 is 0 Å². The first-order chi connectivity index (χ1) is 20.2. The van der Waals surface area contributed by atoms with Gasteiger partial charge < -0.3 is 5.11 Å². The van der Waals surface area contributed by atoms with E-state index in [0.29, 0.717) is 0 Å². The number of fused-ring (bicyclic) bond motifs is 5. The molecule has 3 aromatic heterocycles. The quantitative estimate of drug-likeness (QED) is 0.184. The van der Waals surface area contributed by atoms with Gasteiger partial charge in [-0.1, -0.05) is 74.9 Å². The molecule has 0 saturated carbocycles. The summed E-state index contributed by atoms with van der Waals surface area (Å²) in [6.07, 6.45) is 1.79. The molecule has 0 aliphatic carbocycles. The predicted molar refractivity (Wildman–Crippen MR) is 171 cm³/mol. The van der Waals surface area contributed by atoms with Crippen LogP contribution in [-0.2, 0) is 26.5 Å². The van der Waals surface area contributed by atoms with Gasteiger partial charge in [-0.2, -0.15) is 0 Å². The van der Waals surface area contributed by atoms with E-state index in [1.165, 1.54) is 0 Å². The van der Waals surface area contributed by atoms with E-state index < -0.39 is 0 Å². The molecule has 0 aliphatic heterocycles. The summed E-state index contributed by atoms with van der Waals surface area (Å²) in [5, 5.41) is 10.7. The van der Waals surface area contributed by atoms with Crippen molar-refractivity contribution in [1.29, 1.82) is 0 Å². The van der Waals surface area contributed by atoms with E-state index in [1.54, 1.807) is 12.3 Å². The fourth-order valence-corrected chi connectivity index (χ4v) is 5.84. The molecule has 0 atom stereocenters. The van der Waals surface area contributed by atoms with Crippen molar-refractivity contribution >= 4 is 27.7 Å². The minimum absolute atomic E-state index is 0. The summed E-state index contributed by atoms with van der Waals surface area (Å²) in [4.78, 5) is 15.1. The van der Waals surface area contributed by atoms with Crippen molar-refractivity contribution < 1.29 is 26.2 Å². The number of phenols is 1. The molecule has 0 saturated heterocycles. The van der Waals surface area contributed by atoms with Crippen LogP contribution in [0.1, 0.15) is 37.5 Å². The summed E-state index contributed by atoms with van der Waals surface area (Å²) in [5.74, 6) is 1.08. The van der Waals surface area contributed by atoms with Gasteiger partial charge >= 0.3 is 0 Å². The van der Waals surface area contributed by atoms with E-state index in [1.807, 2.05) is 30.3 Å². The molecule has 0 fully saturated rings. The summed E-state index contributed by atoms with van der Waals surface area (Å²) in [6, 6.07) is 31.9. The normalized spacial score (nSPS) is 11.7. The summed E-state index contributed by atoms with van der Waals surface area (Å²) in [7, 11) is 0. The van der Waals surface area contributed by atoms with Crippen LogP contribution in [0.15, 0.2) is 91.1 Å². The number of hydrogen-bond donors (Lipinski definition) is 1. The standard InChI is InChI=1S/C37H31N4O.Pt/c1-22-11-8-12-23(2)32(22)35-39-29-15-10-18-38-34(29)36-40-33-28(14-9-16-30(33)41(35)36)25-19-24(20-26(21-25)37(3,4)5)27-13-6-7-17-31(27)42;/h6-18,20-21,42H,1-5H3;/q-1;. The number of benzene rings is 4. The molecular formula is C37H31N4OPt-. The van der Waals surface area contributed by atoms with Gasteiger partial charge in [0.05, 0.1) is 22.3 Å². The largest absolute Gasteiger partial charge is 0.515 e. The first-order valence-corrected chi connectivity index (χ1v) is 14.2. The van der Waals surface area contributed by atoms with Crippen LogP contribution in [0, 0.1) is 19.9 Å². The second-order valence-electron chi connectivity index (χ2n) is 12.0. The summed E-state index contributed by atoms with van der Waals surface area (Å²) in [5.41, 5.74) is 12.1. The summed E-state index contributed by atoms with van der Waals surface area (Å²) < 4.78 is 2.15. The van der Waals surface area contributed by atoms with Gasteiger partial charge in [-0.05, 0) is 60.2 Å². The monoisotopic (exact) mass is 742 g/mol. The number of pyridine rings is 1. The number of aryl methyl sites for hydroxylation is 2. The number of aromatic nitrogens is 4. The Morgan fingerprint density at radius 1 is 0.744 bits per heavy atom. The van der Waals surface area contributed by atoms with E-state index in [-0.39, 0.29) is 32.2 Å². The van der Waals surface area contributed by atoms with Crippen molar-refractivity contribution in [3.63, 3.8) is 0 Å². The van der Waals surface area contributed by atoms with E-state index in [4.69, 9.17) is 15.0 Å². The zero-order valence-corrected chi connectivity index (χ0v) is 27.0. The van der Waals surface area contributed by atoms with Crippen molar-refractivity contribution in [2.24, 2.45) is 0 Å². The van der Waals surface area contributed by atoms with Crippen molar-refractivity contribution in [1.82, 2.24) is 19.4 Å². The van der Waals surface area contributed by atoms with Gasteiger partial charge in [0.2, 0.25) is 0 Å². The molecular weight excluding hydrogens is 712 g/mol. The van der Waals surface area contributed by atoms with Gasteiger partial charge in [-0.3, -0.25) is 9.38 Å². The van der Waals surface area contributed by atoms with Crippen LogP contribution in [-0.4, -0.2) is 24.5 Å². The zero-order chi connectivity index (χ0) is 29.2. The second kappa shape index (κ2) is 10.7. The van der Waals surface area contributed by atoms with Crippen LogP contribution >= 0.6 is 0 Å². The van der Waals surface area contributed by atoms with Gasteiger partial charge in [-0.15, -0.1) is 34.9 Å². The third kappa shape index (κ3) is 4.82. The Bertz CT molecular complexity index is 2150.